The Morgan fingerprint density at radius 3 is 2.38 bits per heavy atom. The Morgan fingerprint density at radius 1 is 1.03 bits per heavy atom. The maximum absolute atomic E-state index is 13.8. The summed E-state index contributed by atoms with van der Waals surface area (Å²) < 4.78 is 68.7. The Hall–Kier alpha value is -1.38. The SMILES string of the molecule is CC12CCC(O)CC1=CCC1C2CC[C@]2(C)C(CC(CC(C)(O)C(F)(F)F)S(=O)(=O)c3ccccc3)CCC12. The zero-order valence-electron chi connectivity index (χ0n) is 23.3. The van der Waals surface area contributed by atoms with Crippen molar-refractivity contribution in [3.8, 4) is 0 Å². The van der Waals surface area contributed by atoms with Gasteiger partial charge in [-0.2, -0.15) is 13.2 Å². The van der Waals surface area contributed by atoms with E-state index in [9.17, 15) is 31.8 Å². The van der Waals surface area contributed by atoms with E-state index >= 15 is 0 Å². The molecule has 4 aliphatic carbocycles. The number of benzene rings is 1. The molecule has 8 unspecified atom stereocenters. The molecule has 4 nitrogen and oxygen atoms in total. The van der Waals surface area contributed by atoms with Gasteiger partial charge < -0.3 is 10.2 Å². The number of sulfone groups is 1. The van der Waals surface area contributed by atoms with Crippen LogP contribution in [-0.2, 0) is 9.84 Å². The largest absolute Gasteiger partial charge is 0.416 e. The number of hydrogen-bond donors (Lipinski definition) is 2. The summed E-state index contributed by atoms with van der Waals surface area (Å²) in [6, 6.07) is 7.70. The Kier molecular flexibility index (Phi) is 7.37. The minimum atomic E-state index is -4.92. The van der Waals surface area contributed by atoms with Gasteiger partial charge >= 0.3 is 6.18 Å². The van der Waals surface area contributed by atoms with Gasteiger partial charge in [0.25, 0.3) is 0 Å². The Morgan fingerprint density at radius 2 is 1.72 bits per heavy atom. The lowest BCUT2D eigenvalue weighted by molar-refractivity contribution is -0.255. The van der Waals surface area contributed by atoms with Gasteiger partial charge in [0.2, 0.25) is 0 Å². The molecule has 1 aromatic rings. The predicted octanol–water partition coefficient (Wildman–Crippen LogP) is 6.86. The van der Waals surface area contributed by atoms with Crippen LogP contribution in [0.1, 0.15) is 85.0 Å². The van der Waals surface area contributed by atoms with Gasteiger partial charge in [-0.05, 0) is 111 Å². The van der Waals surface area contributed by atoms with Crippen LogP contribution in [0, 0.1) is 34.5 Å². The van der Waals surface area contributed by atoms with Crippen LogP contribution in [0.3, 0.4) is 0 Å². The summed E-state index contributed by atoms with van der Waals surface area (Å²) in [4.78, 5) is 0.00809. The van der Waals surface area contributed by atoms with Crippen LogP contribution in [0.15, 0.2) is 46.9 Å². The van der Waals surface area contributed by atoms with Crippen molar-refractivity contribution in [2.24, 2.45) is 34.5 Å². The van der Waals surface area contributed by atoms with Gasteiger partial charge in [-0.3, -0.25) is 0 Å². The van der Waals surface area contributed by atoms with Crippen molar-refractivity contribution in [3.05, 3.63) is 42.0 Å². The smallest absolute Gasteiger partial charge is 0.393 e. The van der Waals surface area contributed by atoms with Crippen molar-refractivity contribution in [2.45, 2.75) is 113 Å². The van der Waals surface area contributed by atoms with E-state index in [0.29, 0.717) is 24.7 Å². The van der Waals surface area contributed by atoms with Crippen molar-refractivity contribution >= 4 is 9.84 Å². The van der Waals surface area contributed by atoms with Crippen molar-refractivity contribution < 1.29 is 31.8 Å². The van der Waals surface area contributed by atoms with Crippen LogP contribution in [0.2, 0.25) is 0 Å². The highest BCUT2D eigenvalue weighted by Gasteiger charge is 2.60. The first-order valence-corrected chi connectivity index (χ1v) is 16.1. The molecule has 8 heteroatoms. The van der Waals surface area contributed by atoms with E-state index in [4.69, 9.17) is 0 Å². The highest BCUT2D eigenvalue weighted by atomic mass is 32.2. The number of allylic oxidation sites excluding steroid dienone is 1. The molecule has 0 amide bonds. The summed E-state index contributed by atoms with van der Waals surface area (Å²) >= 11 is 0. The van der Waals surface area contributed by atoms with E-state index in [1.807, 2.05) is 0 Å². The fourth-order valence-corrected chi connectivity index (χ4v) is 11.1. The Labute approximate surface area is 231 Å². The maximum atomic E-state index is 13.8. The number of aliphatic hydroxyl groups is 2. The normalized spacial score (nSPS) is 39.1. The summed E-state index contributed by atoms with van der Waals surface area (Å²) in [5.74, 6) is 1.37. The van der Waals surface area contributed by atoms with E-state index in [1.54, 1.807) is 18.2 Å². The fourth-order valence-electron chi connectivity index (χ4n) is 9.14. The van der Waals surface area contributed by atoms with Crippen LogP contribution in [-0.4, -0.2) is 41.8 Å². The van der Waals surface area contributed by atoms with Crippen molar-refractivity contribution in [1.29, 1.82) is 0 Å². The molecular weight excluding hydrogens is 525 g/mol. The Balaban J connectivity index is 1.43. The molecule has 3 saturated carbocycles. The first kappa shape index (κ1) is 29.1. The van der Waals surface area contributed by atoms with Gasteiger partial charge in [0, 0.05) is 6.42 Å². The molecule has 3 fully saturated rings. The molecule has 9 atom stereocenters. The molecule has 1 aromatic carbocycles. The second-order valence-electron chi connectivity index (χ2n) is 13.7. The van der Waals surface area contributed by atoms with Gasteiger partial charge in [-0.15, -0.1) is 0 Å². The summed E-state index contributed by atoms with van der Waals surface area (Å²) in [5, 5.41) is 19.3. The third-order valence-electron chi connectivity index (χ3n) is 11.6. The van der Waals surface area contributed by atoms with Gasteiger partial charge in [0.05, 0.1) is 16.2 Å². The van der Waals surface area contributed by atoms with Crippen molar-refractivity contribution in [3.63, 3.8) is 0 Å². The van der Waals surface area contributed by atoms with E-state index in [1.165, 1.54) is 17.7 Å². The van der Waals surface area contributed by atoms with Crippen molar-refractivity contribution in [1.82, 2.24) is 0 Å². The average molecular weight is 569 g/mol. The predicted molar refractivity (Wildman–Crippen MR) is 145 cm³/mol. The highest BCUT2D eigenvalue weighted by Crippen LogP contribution is 2.67. The number of halogens is 3. The van der Waals surface area contributed by atoms with Crippen LogP contribution in [0.5, 0.6) is 0 Å². The van der Waals surface area contributed by atoms with Gasteiger partial charge in [-0.1, -0.05) is 43.7 Å². The molecule has 0 aromatic heterocycles. The maximum Gasteiger partial charge on any atom is 0.416 e. The van der Waals surface area contributed by atoms with E-state index in [-0.39, 0.29) is 34.2 Å². The first-order chi connectivity index (χ1) is 18.1. The minimum absolute atomic E-state index is 0.00809. The summed E-state index contributed by atoms with van der Waals surface area (Å²) in [6.07, 6.45) is 3.65. The van der Waals surface area contributed by atoms with Gasteiger partial charge in [0.15, 0.2) is 15.4 Å². The molecule has 5 rings (SSSR count). The molecule has 0 heterocycles. The average Bonchev–Trinajstić information content (AvgIpc) is 3.20. The van der Waals surface area contributed by atoms with Crippen LogP contribution >= 0.6 is 0 Å². The van der Waals surface area contributed by atoms with Crippen LogP contribution < -0.4 is 0 Å². The summed E-state index contributed by atoms with van der Waals surface area (Å²) in [6.45, 7) is 5.29. The minimum Gasteiger partial charge on any atom is -0.393 e. The summed E-state index contributed by atoms with van der Waals surface area (Å²) in [5.41, 5.74) is -1.76. The zero-order chi connectivity index (χ0) is 28.4. The van der Waals surface area contributed by atoms with E-state index in [2.05, 4.69) is 19.9 Å². The molecule has 0 aliphatic heterocycles. The van der Waals surface area contributed by atoms with Crippen LogP contribution in [0.25, 0.3) is 0 Å². The van der Waals surface area contributed by atoms with Gasteiger partial charge in [0.1, 0.15) is 0 Å². The first-order valence-electron chi connectivity index (χ1n) is 14.6. The third-order valence-corrected chi connectivity index (χ3v) is 13.7. The third kappa shape index (κ3) is 4.90. The number of alkyl halides is 3. The molecule has 39 heavy (non-hydrogen) atoms. The lowest BCUT2D eigenvalue weighted by atomic mass is 9.47. The molecule has 0 bridgehead atoms. The molecular formula is C31H43F3O4S. The quantitative estimate of drug-likeness (QED) is 0.368. The van der Waals surface area contributed by atoms with Crippen molar-refractivity contribution in [2.75, 3.05) is 0 Å². The second-order valence-corrected chi connectivity index (χ2v) is 15.9. The molecule has 0 radical (unpaired) electrons. The monoisotopic (exact) mass is 568 g/mol. The molecule has 2 N–H and O–H groups in total. The molecule has 0 spiro atoms. The highest BCUT2D eigenvalue weighted by molar-refractivity contribution is 7.92. The summed E-state index contributed by atoms with van der Waals surface area (Å²) in [7, 11) is -4.09. The topological polar surface area (TPSA) is 74.6 Å². The van der Waals surface area contributed by atoms with E-state index < -0.39 is 33.3 Å². The Bertz CT molecular complexity index is 1190. The lowest BCUT2D eigenvalue weighted by Crippen LogP contribution is -2.51. The molecule has 4 aliphatic rings. The standard InChI is InChI=1S/C31H43F3O4S/c1-28-15-13-22(35)17-20(28)9-11-25-26-12-10-21(29(26,2)16-14-27(25)28)18-24(19-30(3,36)31(32,33)34)39(37,38)23-7-5-4-6-8-23/h4-9,21-22,24-27,35-36H,10-19H2,1-3H3/t21?,22?,24?,25?,26?,27?,28?,29-,30?/m1/s1. The lowest BCUT2D eigenvalue weighted by Gasteiger charge is -2.58. The van der Waals surface area contributed by atoms with Gasteiger partial charge in [-0.25, -0.2) is 8.42 Å². The number of fused-ring (bicyclic) bond motifs is 5. The number of rotatable bonds is 6. The second kappa shape index (κ2) is 9.87. The van der Waals surface area contributed by atoms with E-state index in [0.717, 1.165) is 51.4 Å². The number of hydrogen-bond acceptors (Lipinski definition) is 4. The molecule has 218 valence electrons. The molecule has 0 saturated heterocycles. The number of aliphatic hydroxyl groups excluding tert-OH is 1. The van der Waals surface area contributed by atoms with Crippen LogP contribution in [0.4, 0.5) is 13.2 Å². The fraction of sp³-hybridized carbons (Fsp3) is 0.742. The zero-order valence-corrected chi connectivity index (χ0v) is 24.1.